The van der Waals surface area contributed by atoms with Crippen molar-refractivity contribution in [2.24, 2.45) is 0 Å². The van der Waals surface area contributed by atoms with E-state index in [1.165, 1.54) is 24.3 Å². The van der Waals surface area contributed by atoms with E-state index < -0.39 is 45.4 Å². The number of alkyl halides is 6. The molecule has 198 valence electrons. The molecule has 0 bridgehead atoms. The molecule has 3 nitrogen and oxygen atoms in total. The molecule has 0 fully saturated rings. The molecule has 0 saturated carbocycles. The first-order valence-electron chi connectivity index (χ1n) is 9.89. The predicted octanol–water partition coefficient (Wildman–Crippen LogP) is 8.71. The molecular formula is C22H16BrCl3F6O3S. The van der Waals surface area contributed by atoms with Crippen molar-refractivity contribution in [3.63, 3.8) is 0 Å². The Morgan fingerprint density at radius 1 is 1.00 bits per heavy atom. The Balaban J connectivity index is 2.16. The molecule has 0 aliphatic rings. The summed E-state index contributed by atoms with van der Waals surface area (Å²) < 4.78 is 101. The summed E-state index contributed by atoms with van der Waals surface area (Å²) in [7, 11) is -4.41. The van der Waals surface area contributed by atoms with Gasteiger partial charge in [-0.25, -0.2) is 8.42 Å². The van der Waals surface area contributed by atoms with E-state index in [4.69, 9.17) is 34.8 Å². The van der Waals surface area contributed by atoms with Crippen molar-refractivity contribution in [1.29, 1.82) is 0 Å². The number of hydrogen-bond acceptors (Lipinski definition) is 3. The smallest absolute Gasteiger partial charge is 0.294 e. The fraction of sp³-hybridized carbons (Fsp3) is 0.318. The summed E-state index contributed by atoms with van der Waals surface area (Å²) in [6.07, 6.45) is -8.14. The number of benzene rings is 2. The predicted molar refractivity (Wildman–Crippen MR) is 132 cm³/mol. The van der Waals surface area contributed by atoms with Crippen LogP contribution in [0.2, 0.25) is 15.1 Å². The topological polar surface area (TPSA) is 51.2 Å². The third kappa shape index (κ3) is 9.24. The Bertz CT molecular complexity index is 1240. The summed E-state index contributed by atoms with van der Waals surface area (Å²) in [4.78, 5) is 12.4. The molecule has 0 heterocycles. The van der Waals surface area contributed by atoms with E-state index in [1.807, 2.05) is 0 Å². The number of hydrogen-bond donors (Lipinski definition) is 0. The molecule has 0 saturated heterocycles. The number of ketones is 1. The summed E-state index contributed by atoms with van der Waals surface area (Å²) in [6.45, 7) is 0. The van der Waals surface area contributed by atoms with E-state index in [0.717, 1.165) is 18.2 Å². The molecular weight excluding hydrogens is 645 g/mol. The molecule has 0 radical (unpaired) electrons. The number of halogens is 10. The van der Waals surface area contributed by atoms with Gasteiger partial charge in [0.05, 0.1) is 26.7 Å². The van der Waals surface area contributed by atoms with Crippen LogP contribution in [0.5, 0.6) is 0 Å². The first-order valence-corrected chi connectivity index (χ1v) is 13.6. The number of allylic oxidation sites excluding steroid dienone is 1. The second-order valence-electron chi connectivity index (χ2n) is 7.65. The number of carbonyl (C=O) groups excluding carboxylic acids is 1. The monoisotopic (exact) mass is 658 g/mol. The van der Waals surface area contributed by atoms with Crippen molar-refractivity contribution in [2.45, 2.75) is 31.1 Å². The molecule has 2 aromatic carbocycles. The van der Waals surface area contributed by atoms with Crippen LogP contribution in [-0.2, 0) is 9.84 Å². The van der Waals surface area contributed by atoms with Gasteiger partial charge in [0.15, 0.2) is 15.6 Å². The number of rotatable bonds is 9. The minimum absolute atomic E-state index is 0.0749. The number of Topliss-reactive ketones (excluding diaryl/α,β-unsaturated/α-hetero) is 1. The Morgan fingerprint density at radius 2 is 1.58 bits per heavy atom. The number of carbonyl (C=O) groups is 1. The molecule has 14 heteroatoms. The summed E-state index contributed by atoms with van der Waals surface area (Å²) in [5.41, 5.74) is 0.167. The average molecular weight is 661 g/mol. The largest absolute Gasteiger partial charge is 0.402 e. The highest BCUT2D eigenvalue weighted by Gasteiger charge is 2.39. The maximum absolute atomic E-state index is 13.7. The third-order valence-corrected chi connectivity index (χ3v) is 8.27. The van der Waals surface area contributed by atoms with E-state index in [0.29, 0.717) is 5.56 Å². The summed E-state index contributed by atoms with van der Waals surface area (Å²) in [5, 5.41) is -0.355. The highest BCUT2D eigenvalue weighted by Crippen LogP contribution is 2.41. The van der Waals surface area contributed by atoms with E-state index in [2.05, 4.69) is 15.9 Å². The summed E-state index contributed by atoms with van der Waals surface area (Å²) >= 11 is 20.7. The van der Waals surface area contributed by atoms with Crippen molar-refractivity contribution in [1.82, 2.24) is 0 Å². The Hall–Kier alpha value is -1.27. The lowest BCUT2D eigenvalue weighted by atomic mass is 9.96. The lowest BCUT2D eigenvalue weighted by Gasteiger charge is -2.18. The van der Waals surface area contributed by atoms with Gasteiger partial charge in [-0.15, -0.1) is 0 Å². The van der Waals surface area contributed by atoms with Crippen molar-refractivity contribution in [3.8, 4) is 0 Å². The lowest BCUT2D eigenvalue weighted by Crippen LogP contribution is -2.25. The van der Waals surface area contributed by atoms with Crippen LogP contribution >= 0.6 is 50.7 Å². The fourth-order valence-electron chi connectivity index (χ4n) is 3.14. The molecule has 0 spiro atoms. The summed E-state index contributed by atoms with van der Waals surface area (Å²) in [6, 6.07) is 6.17. The molecule has 0 amide bonds. The van der Waals surface area contributed by atoms with Gasteiger partial charge in [0.25, 0.3) is 0 Å². The van der Waals surface area contributed by atoms with E-state index in [9.17, 15) is 39.6 Å². The highest BCUT2D eigenvalue weighted by molar-refractivity contribution is 9.10. The fourth-order valence-corrected chi connectivity index (χ4v) is 5.60. The zero-order valence-electron chi connectivity index (χ0n) is 17.9. The zero-order chi connectivity index (χ0) is 27.5. The Morgan fingerprint density at radius 3 is 2.08 bits per heavy atom. The standard InChI is InChI=1S/C22H16BrCl3F6O3S/c23-16-8-12(3-5-14(16)19(33)2-1-7-36(34,35)11-21(27,28)29)4-6-15(22(30,31)32)13-9-17(24)20(26)18(25)10-13/h3-6,8-10,15H,1-2,7,11H2/b6-4+. The van der Waals surface area contributed by atoms with Gasteiger partial charge in [0, 0.05) is 16.5 Å². The molecule has 0 aliphatic carbocycles. The van der Waals surface area contributed by atoms with Crippen LogP contribution < -0.4 is 0 Å². The third-order valence-electron chi connectivity index (χ3n) is 4.74. The first-order chi connectivity index (χ1) is 16.4. The zero-order valence-corrected chi connectivity index (χ0v) is 22.5. The van der Waals surface area contributed by atoms with Crippen LogP contribution in [0.4, 0.5) is 26.3 Å². The molecule has 1 atom stereocenters. The van der Waals surface area contributed by atoms with Gasteiger partial charge < -0.3 is 0 Å². The van der Waals surface area contributed by atoms with Crippen molar-refractivity contribution in [2.75, 3.05) is 11.5 Å². The van der Waals surface area contributed by atoms with Gasteiger partial charge >= 0.3 is 12.4 Å². The van der Waals surface area contributed by atoms with Crippen LogP contribution in [-0.4, -0.2) is 38.1 Å². The SMILES string of the molecule is O=C(CCCS(=O)(=O)CC(F)(F)F)c1ccc(/C=C/C(c2cc(Cl)c(Cl)c(Cl)c2)C(F)(F)F)cc1Br. The van der Waals surface area contributed by atoms with E-state index in [1.54, 1.807) is 0 Å². The van der Waals surface area contributed by atoms with Crippen LogP contribution in [0.3, 0.4) is 0 Å². The van der Waals surface area contributed by atoms with Crippen LogP contribution in [0.1, 0.15) is 40.2 Å². The molecule has 2 aromatic rings. The Kier molecular flexibility index (Phi) is 10.4. The van der Waals surface area contributed by atoms with E-state index >= 15 is 0 Å². The molecule has 1 unspecified atom stereocenters. The highest BCUT2D eigenvalue weighted by atomic mass is 79.9. The second kappa shape index (κ2) is 12.1. The Labute approximate surface area is 226 Å². The van der Waals surface area contributed by atoms with Gasteiger partial charge in [-0.05, 0) is 41.8 Å². The van der Waals surface area contributed by atoms with Crippen LogP contribution in [0.15, 0.2) is 40.9 Å². The molecule has 0 aromatic heterocycles. The normalized spacial score (nSPS) is 13.8. The molecule has 36 heavy (non-hydrogen) atoms. The minimum atomic E-state index is -4.87. The molecule has 0 aliphatic heterocycles. The number of sulfone groups is 1. The van der Waals surface area contributed by atoms with Crippen molar-refractivity contribution >= 4 is 72.4 Å². The van der Waals surface area contributed by atoms with Crippen molar-refractivity contribution < 1.29 is 39.6 Å². The minimum Gasteiger partial charge on any atom is -0.294 e. The molecule has 2 rings (SSSR count). The van der Waals surface area contributed by atoms with Crippen LogP contribution in [0, 0.1) is 0 Å². The lowest BCUT2D eigenvalue weighted by molar-refractivity contribution is -0.139. The summed E-state index contributed by atoms with van der Waals surface area (Å²) in [5.74, 6) is -5.39. The van der Waals surface area contributed by atoms with Gasteiger partial charge in [-0.2, -0.15) is 26.3 Å². The van der Waals surface area contributed by atoms with Gasteiger partial charge in [0.2, 0.25) is 0 Å². The quantitative estimate of drug-likeness (QED) is 0.154. The maximum Gasteiger partial charge on any atom is 0.402 e. The van der Waals surface area contributed by atoms with E-state index in [-0.39, 0.29) is 43.5 Å². The second-order valence-corrected chi connectivity index (χ2v) is 11.9. The first kappa shape index (κ1) is 31.0. The maximum atomic E-state index is 13.7. The van der Waals surface area contributed by atoms with Crippen LogP contribution in [0.25, 0.3) is 6.08 Å². The average Bonchev–Trinajstić information content (AvgIpc) is 2.69. The van der Waals surface area contributed by atoms with Gasteiger partial charge in [-0.3, -0.25) is 4.79 Å². The van der Waals surface area contributed by atoms with Gasteiger partial charge in [0.1, 0.15) is 5.75 Å². The van der Waals surface area contributed by atoms with Gasteiger partial charge in [-0.1, -0.05) is 69.0 Å². The van der Waals surface area contributed by atoms with Crippen molar-refractivity contribution in [3.05, 3.63) is 72.6 Å². The molecule has 0 N–H and O–H groups in total.